The molecule has 0 unspecified atom stereocenters. The van der Waals surface area contributed by atoms with E-state index in [4.69, 9.17) is 5.11 Å². The monoisotopic (exact) mass is 289 g/mol. The number of imidazole rings is 1. The number of carbonyl (C=O) groups is 1. The third kappa shape index (κ3) is 2.52. The molecule has 1 aliphatic rings. The summed E-state index contributed by atoms with van der Waals surface area (Å²) in [6, 6.07) is 3.86. The number of fused-ring (bicyclic) bond motifs is 1. The van der Waals surface area contributed by atoms with Crippen molar-refractivity contribution in [3.8, 4) is 0 Å². The molecule has 0 bridgehead atoms. The number of piperidine rings is 1. The number of likely N-dealkylation sites (tertiary alicyclic amines) is 1. The number of aryl methyl sites for hydroxylation is 1. The minimum absolute atomic E-state index is 0.0449. The topological polar surface area (TPSA) is 78.1 Å². The van der Waals surface area contributed by atoms with Crippen molar-refractivity contribution >= 4 is 11.6 Å². The van der Waals surface area contributed by atoms with Gasteiger partial charge in [-0.3, -0.25) is 4.79 Å². The van der Waals surface area contributed by atoms with E-state index in [2.05, 4.69) is 4.98 Å². The number of pyridine rings is 1. The standard InChI is InChI=1S/C15H19N3O3/c1-10-3-2-5-17-7-12(16-14(10)17)15(21)18-6-4-11(9-19)13(20)8-18/h2-3,5,7,11,13,19-20H,4,6,8-9H2,1H3/t11-,13-/m1/s1. The first-order valence-corrected chi connectivity index (χ1v) is 7.12. The summed E-state index contributed by atoms with van der Waals surface area (Å²) >= 11 is 0. The minimum Gasteiger partial charge on any atom is -0.396 e. The second-order valence-electron chi connectivity index (χ2n) is 5.60. The number of aliphatic hydroxyl groups excluding tert-OH is 2. The minimum atomic E-state index is -0.675. The van der Waals surface area contributed by atoms with Gasteiger partial charge in [-0.15, -0.1) is 0 Å². The van der Waals surface area contributed by atoms with Crippen molar-refractivity contribution in [3.63, 3.8) is 0 Å². The second-order valence-corrected chi connectivity index (χ2v) is 5.60. The Morgan fingerprint density at radius 3 is 3.00 bits per heavy atom. The van der Waals surface area contributed by atoms with Crippen molar-refractivity contribution in [3.05, 3.63) is 35.8 Å². The van der Waals surface area contributed by atoms with Gasteiger partial charge in [0.2, 0.25) is 0 Å². The van der Waals surface area contributed by atoms with Crippen LogP contribution in [0.15, 0.2) is 24.5 Å². The molecule has 1 saturated heterocycles. The lowest BCUT2D eigenvalue weighted by Crippen LogP contribution is -2.47. The van der Waals surface area contributed by atoms with E-state index in [-0.39, 0.29) is 25.0 Å². The predicted molar refractivity (Wildman–Crippen MR) is 77.0 cm³/mol. The van der Waals surface area contributed by atoms with Crippen molar-refractivity contribution in [2.24, 2.45) is 5.92 Å². The summed E-state index contributed by atoms with van der Waals surface area (Å²) in [6.45, 7) is 2.69. The van der Waals surface area contributed by atoms with Crippen molar-refractivity contribution in [1.29, 1.82) is 0 Å². The van der Waals surface area contributed by atoms with Crippen molar-refractivity contribution < 1.29 is 15.0 Å². The predicted octanol–water partition coefficient (Wildman–Crippen LogP) is 0.458. The second kappa shape index (κ2) is 5.46. The molecule has 21 heavy (non-hydrogen) atoms. The van der Waals surface area contributed by atoms with Crippen LogP contribution >= 0.6 is 0 Å². The number of amides is 1. The van der Waals surface area contributed by atoms with Crippen LogP contribution in [0.2, 0.25) is 0 Å². The first-order chi connectivity index (χ1) is 10.1. The highest BCUT2D eigenvalue weighted by atomic mass is 16.3. The number of hydrogen-bond donors (Lipinski definition) is 2. The average molecular weight is 289 g/mol. The lowest BCUT2D eigenvalue weighted by Gasteiger charge is -2.34. The average Bonchev–Trinajstić information content (AvgIpc) is 2.92. The molecule has 0 spiro atoms. The summed E-state index contributed by atoms with van der Waals surface area (Å²) in [6.07, 6.45) is 3.51. The van der Waals surface area contributed by atoms with Crippen LogP contribution in [-0.2, 0) is 0 Å². The van der Waals surface area contributed by atoms with Gasteiger partial charge in [0.15, 0.2) is 0 Å². The fourth-order valence-corrected chi connectivity index (χ4v) is 2.80. The molecule has 0 radical (unpaired) electrons. The quantitative estimate of drug-likeness (QED) is 0.842. The molecule has 1 aliphatic heterocycles. The smallest absolute Gasteiger partial charge is 0.274 e. The zero-order chi connectivity index (χ0) is 15.0. The van der Waals surface area contributed by atoms with Gasteiger partial charge in [0.1, 0.15) is 11.3 Å². The van der Waals surface area contributed by atoms with Crippen molar-refractivity contribution in [2.75, 3.05) is 19.7 Å². The van der Waals surface area contributed by atoms with E-state index in [1.54, 1.807) is 11.1 Å². The van der Waals surface area contributed by atoms with E-state index in [0.717, 1.165) is 11.2 Å². The van der Waals surface area contributed by atoms with Gasteiger partial charge in [-0.05, 0) is 25.0 Å². The summed E-state index contributed by atoms with van der Waals surface area (Å²) < 4.78 is 1.83. The number of aromatic nitrogens is 2. The summed E-state index contributed by atoms with van der Waals surface area (Å²) in [5, 5.41) is 19.1. The third-order valence-corrected chi connectivity index (χ3v) is 4.14. The maximum absolute atomic E-state index is 12.5. The lowest BCUT2D eigenvalue weighted by atomic mass is 9.94. The molecule has 6 heteroatoms. The number of aliphatic hydroxyl groups is 2. The molecular formula is C15H19N3O3. The van der Waals surface area contributed by atoms with E-state index in [1.165, 1.54) is 0 Å². The Hall–Kier alpha value is -1.92. The normalized spacial score (nSPS) is 22.7. The molecule has 6 nitrogen and oxygen atoms in total. The zero-order valence-electron chi connectivity index (χ0n) is 11.9. The first kappa shape index (κ1) is 14.0. The maximum atomic E-state index is 12.5. The zero-order valence-corrected chi connectivity index (χ0v) is 11.9. The molecule has 3 rings (SSSR count). The maximum Gasteiger partial charge on any atom is 0.274 e. The van der Waals surface area contributed by atoms with Crippen LogP contribution in [-0.4, -0.2) is 56.2 Å². The van der Waals surface area contributed by atoms with Gasteiger partial charge >= 0.3 is 0 Å². The van der Waals surface area contributed by atoms with Gasteiger partial charge in [-0.25, -0.2) is 4.98 Å². The molecule has 2 N–H and O–H groups in total. The molecule has 2 atom stereocenters. The molecule has 0 saturated carbocycles. The molecule has 112 valence electrons. The van der Waals surface area contributed by atoms with Crippen LogP contribution < -0.4 is 0 Å². The van der Waals surface area contributed by atoms with E-state index in [9.17, 15) is 9.90 Å². The molecule has 3 heterocycles. The molecule has 0 aromatic carbocycles. The van der Waals surface area contributed by atoms with Gasteiger partial charge < -0.3 is 19.5 Å². The van der Waals surface area contributed by atoms with Crippen LogP contribution in [0.1, 0.15) is 22.5 Å². The fraction of sp³-hybridized carbons (Fsp3) is 0.467. The number of rotatable bonds is 2. The largest absolute Gasteiger partial charge is 0.396 e. The number of hydrogen-bond acceptors (Lipinski definition) is 4. The van der Waals surface area contributed by atoms with Crippen LogP contribution in [0.5, 0.6) is 0 Å². The first-order valence-electron chi connectivity index (χ1n) is 7.12. The molecule has 0 aliphatic carbocycles. The lowest BCUT2D eigenvalue weighted by molar-refractivity contribution is 0.000684. The number of nitrogens with zero attached hydrogens (tertiary/aromatic N) is 3. The van der Waals surface area contributed by atoms with Gasteiger partial charge in [0.25, 0.3) is 5.91 Å². The van der Waals surface area contributed by atoms with Crippen LogP contribution in [0, 0.1) is 12.8 Å². The number of carbonyl (C=O) groups excluding carboxylic acids is 1. The Labute approximate surface area is 122 Å². The summed E-state index contributed by atoms with van der Waals surface area (Å²) in [5.74, 6) is -0.314. The van der Waals surface area contributed by atoms with E-state index in [0.29, 0.717) is 18.7 Å². The Kier molecular flexibility index (Phi) is 3.65. The summed E-state index contributed by atoms with van der Waals surface area (Å²) in [7, 11) is 0. The van der Waals surface area contributed by atoms with E-state index < -0.39 is 6.10 Å². The summed E-state index contributed by atoms with van der Waals surface area (Å²) in [4.78, 5) is 18.5. The van der Waals surface area contributed by atoms with Crippen molar-refractivity contribution in [1.82, 2.24) is 14.3 Å². The molecule has 2 aromatic heterocycles. The highest BCUT2D eigenvalue weighted by molar-refractivity contribution is 5.93. The van der Waals surface area contributed by atoms with Gasteiger partial charge in [-0.2, -0.15) is 0 Å². The Morgan fingerprint density at radius 2 is 2.33 bits per heavy atom. The van der Waals surface area contributed by atoms with Crippen LogP contribution in [0.3, 0.4) is 0 Å². The Bertz CT molecular complexity index is 667. The SMILES string of the molecule is Cc1cccn2cc(C(=O)N3CC[C@H](CO)[C@H](O)C3)nc12. The molecular weight excluding hydrogens is 270 g/mol. The molecule has 1 amide bonds. The highest BCUT2D eigenvalue weighted by Crippen LogP contribution is 2.19. The van der Waals surface area contributed by atoms with Crippen LogP contribution in [0.4, 0.5) is 0 Å². The third-order valence-electron chi connectivity index (χ3n) is 4.14. The van der Waals surface area contributed by atoms with E-state index >= 15 is 0 Å². The van der Waals surface area contributed by atoms with Gasteiger partial charge in [0.05, 0.1) is 6.10 Å². The van der Waals surface area contributed by atoms with Gasteiger partial charge in [0, 0.05) is 38.0 Å². The number of β-amino-alcohol motifs (C(OH)–C–C–N with tert-alkyl or cyclic N) is 1. The Balaban J connectivity index is 1.82. The van der Waals surface area contributed by atoms with Crippen LogP contribution in [0.25, 0.3) is 5.65 Å². The molecule has 1 fully saturated rings. The van der Waals surface area contributed by atoms with Crippen molar-refractivity contribution in [2.45, 2.75) is 19.4 Å². The fourth-order valence-electron chi connectivity index (χ4n) is 2.80. The highest BCUT2D eigenvalue weighted by Gasteiger charge is 2.30. The van der Waals surface area contributed by atoms with E-state index in [1.807, 2.05) is 29.7 Å². The van der Waals surface area contributed by atoms with Gasteiger partial charge in [-0.1, -0.05) is 6.07 Å². The Morgan fingerprint density at radius 1 is 1.52 bits per heavy atom. The summed E-state index contributed by atoms with van der Waals surface area (Å²) in [5.41, 5.74) is 2.17. The molecule has 2 aromatic rings.